The van der Waals surface area contributed by atoms with E-state index in [1.165, 1.54) is 6.42 Å². The third kappa shape index (κ3) is 3.71. The number of rotatable bonds is 6. The van der Waals surface area contributed by atoms with Gasteiger partial charge in [-0.1, -0.05) is 19.0 Å². The molecule has 0 radical (unpaired) electrons. The molecule has 0 bridgehead atoms. The zero-order chi connectivity index (χ0) is 12.3. The summed E-state index contributed by atoms with van der Waals surface area (Å²) < 4.78 is 5.24. The Kier molecular flexibility index (Phi) is 4.09. The minimum Gasteiger partial charge on any atom is -0.339 e. The van der Waals surface area contributed by atoms with Crippen LogP contribution in [0.4, 0.5) is 0 Å². The molecular weight excluding hydrogens is 234 g/mol. The van der Waals surface area contributed by atoms with Crippen molar-refractivity contribution in [2.24, 2.45) is 11.7 Å². The fourth-order valence-corrected chi connectivity index (χ4v) is 2.80. The Morgan fingerprint density at radius 3 is 2.82 bits per heavy atom. The van der Waals surface area contributed by atoms with Crippen molar-refractivity contribution in [2.75, 3.05) is 5.75 Å². The van der Waals surface area contributed by atoms with Crippen molar-refractivity contribution in [2.45, 2.75) is 50.8 Å². The molecule has 0 aliphatic heterocycles. The average molecular weight is 255 g/mol. The smallest absolute Gasteiger partial charge is 0.228 e. The highest BCUT2D eigenvalue weighted by molar-refractivity contribution is 7.98. The van der Waals surface area contributed by atoms with Crippen LogP contribution in [-0.4, -0.2) is 21.4 Å². The minimum absolute atomic E-state index is 0.0745. The second-order valence-electron chi connectivity index (χ2n) is 5.41. The van der Waals surface area contributed by atoms with E-state index in [1.807, 2.05) is 11.8 Å². The Morgan fingerprint density at radius 2 is 2.24 bits per heavy atom. The van der Waals surface area contributed by atoms with Gasteiger partial charge in [-0.3, -0.25) is 0 Å². The van der Waals surface area contributed by atoms with E-state index < -0.39 is 0 Å². The molecular formula is C12H21N3OS. The van der Waals surface area contributed by atoms with Gasteiger partial charge < -0.3 is 10.3 Å². The molecule has 1 aromatic heterocycles. The molecule has 1 saturated carbocycles. The quantitative estimate of drug-likeness (QED) is 0.845. The van der Waals surface area contributed by atoms with Gasteiger partial charge in [-0.15, -0.1) is 0 Å². The van der Waals surface area contributed by atoms with E-state index in [0.29, 0.717) is 11.8 Å². The Hall–Kier alpha value is -0.550. The summed E-state index contributed by atoms with van der Waals surface area (Å²) in [5.74, 6) is 4.17. The lowest BCUT2D eigenvalue weighted by Gasteiger charge is -2.36. The van der Waals surface area contributed by atoms with Crippen LogP contribution in [0.3, 0.4) is 0 Å². The summed E-state index contributed by atoms with van der Waals surface area (Å²) >= 11 is 1.85. The van der Waals surface area contributed by atoms with Crippen LogP contribution >= 0.6 is 11.8 Å². The summed E-state index contributed by atoms with van der Waals surface area (Å²) in [6.45, 7) is 4.42. The van der Waals surface area contributed by atoms with Crippen molar-refractivity contribution < 1.29 is 4.52 Å². The third-order valence-electron chi connectivity index (χ3n) is 3.05. The molecule has 0 aromatic carbocycles. The van der Waals surface area contributed by atoms with Crippen molar-refractivity contribution in [3.63, 3.8) is 0 Å². The summed E-state index contributed by atoms with van der Waals surface area (Å²) in [5, 5.41) is 3.99. The van der Waals surface area contributed by atoms with E-state index in [0.717, 1.165) is 36.6 Å². The van der Waals surface area contributed by atoms with Crippen LogP contribution < -0.4 is 5.73 Å². The lowest BCUT2D eigenvalue weighted by Crippen LogP contribution is -2.48. The van der Waals surface area contributed by atoms with Gasteiger partial charge in [0.25, 0.3) is 0 Å². The van der Waals surface area contributed by atoms with Gasteiger partial charge in [-0.25, -0.2) is 0 Å². The first-order valence-electron chi connectivity index (χ1n) is 6.25. The maximum absolute atomic E-state index is 6.15. The molecule has 1 heterocycles. The van der Waals surface area contributed by atoms with Gasteiger partial charge in [0, 0.05) is 12.0 Å². The Balaban J connectivity index is 1.79. The standard InChI is InChI=1S/C12H21N3OS/c1-9(2)7-17-8-10-14-11(16-15-10)6-12(13)4-3-5-12/h9H,3-8,13H2,1-2H3. The minimum atomic E-state index is -0.0745. The first-order chi connectivity index (χ1) is 8.07. The molecule has 2 N–H and O–H groups in total. The predicted octanol–water partition coefficient (Wildman–Crippen LogP) is 2.38. The van der Waals surface area contributed by atoms with Gasteiger partial charge in [0.05, 0.1) is 5.75 Å². The summed E-state index contributed by atoms with van der Waals surface area (Å²) in [5.41, 5.74) is 6.08. The second-order valence-corrected chi connectivity index (χ2v) is 6.44. The van der Waals surface area contributed by atoms with Gasteiger partial charge in [0.2, 0.25) is 5.89 Å². The highest BCUT2D eigenvalue weighted by atomic mass is 32.2. The van der Waals surface area contributed by atoms with Crippen LogP contribution in [0, 0.1) is 5.92 Å². The molecule has 0 atom stereocenters. The van der Waals surface area contributed by atoms with Gasteiger partial charge in [-0.2, -0.15) is 16.7 Å². The SMILES string of the molecule is CC(C)CSCc1noc(CC2(N)CCC2)n1. The van der Waals surface area contributed by atoms with Crippen molar-refractivity contribution in [3.05, 3.63) is 11.7 Å². The molecule has 0 saturated heterocycles. The van der Waals surface area contributed by atoms with Crippen LogP contribution in [0.1, 0.15) is 44.8 Å². The zero-order valence-electron chi connectivity index (χ0n) is 10.6. The Labute approximate surface area is 107 Å². The lowest BCUT2D eigenvalue weighted by atomic mass is 9.75. The van der Waals surface area contributed by atoms with E-state index in [1.54, 1.807) is 0 Å². The molecule has 17 heavy (non-hydrogen) atoms. The number of nitrogens with zero attached hydrogens (tertiary/aromatic N) is 2. The van der Waals surface area contributed by atoms with Crippen LogP contribution in [0.2, 0.25) is 0 Å². The molecule has 96 valence electrons. The summed E-state index contributed by atoms with van der Waals surface area (Å²) in [7, 11) is 0. The van der Waals surface area contributed by atoms with Crippen LogP contribution in [0.25, 0.3) is 0 Å². The molecule has 1 aliphatic carbocycles. The van der Waals surface area contributed by atoms with Crippen molar-refractivity contribution in [1.29, 1.82) is 0 Å². The normalized spacial score (nSPS) is 18.4. The maximum atomic E-state index is 6.15. The van der Waals surface area contributed by atoms with E-state index in [-0.39, 0.29) is 5.54 Å². The number of aromatic nitrogens is 2. The highest BCUT2D eigenvalue weighted by Crippen LogP contribution is 2.31. The molecule has 0 amide bonds. The molecule has 4 nitrogen and oxygen atoms in total. The number of thioether (sulfide) groups is 1. The fourth-order valence-electron chi connectivity index (χ4n) is 1.92. The van der Waals surface area contributed by atoms with E-state index >= 15 is 0 Å². The van der Waals surface area contributed by atoms with Crippen LogP contribution in [0.5, 0.6) is 0 Å². The van der Waals surface area contributed by atoms with E-state index in [2.05, 4.69) is 24.0 Å². The van der Waals surface area contributed by atoms with Crippen LogP contribution in [0.15, 0.2) is 4.52 Å². The predicted molar refractivity (Wildman–Crippen MR) is 69.8 cm³/mol. The van der Waals surface area contributed by atoms with Gasteiger partial charge in [-0.05, 0) is 30.9 Å². The largest absolute Gasteiger partial charge is 0.339 e. The van der Waals surface area contributed by atoms with Gasteiger partial charge in [0.1, 0.15) is 0 Å². The lowest BCUT2D eigenvalue weighted by molar-refractivity contribution is 0.221. The first kappa shape index (κ1) is 12.9. The number of hydrogen-bond donors (Lipinski definition) is 1. The second kappa shape index (κ2) is 5.40. The molecule has 2 rings (SSSR count). The van der Waals surface area contributed by atoms with E-state index in [4.69, 9.17) is 10.3 Å². The molecule has 0 spiro atoms. The van der Waals surface area contributed by atoms with E-state index in [9.17, 15) is 0 Å². The number of nitrogens with two attached hydrogens (primary N) is 1. The maximum Gasteiger partial charge on any atom is 0.228 e. The summed E-state index contributed by atoms with van der Waals surface area (Å²) in [6.07, 6.45) is 4.11. The average Bonchev–Trinajstić information content (AvgIpc) is 2.63. The molecule has 0 unspecified atom stereocenters. The zero-order valence-corrected chi connectivity index (χ0v) is 11.4. The van der Waals surface area contributed by atoms with Gasteiger partial charge in [0.15, 0.2) is 5.82 Å². The molecule has 1 fully saturated rings. The van der Waals surface area contributed by atoms with Crippen molar-refractivity contribution in [1.82, 2.24) is 10.1 Å². The van der Waals surface area contributed by atoms with Crippen LogP contribution in [-0.2, 0) is 12.2 Å². The fraction of sp³-hybridized carbons (Fsp3) is 0.833. The Morgan fingerprint density at radius 1 is 1.47 bits per heavy atom. The van der Waals surface area contributed by atoms with Crippen molar-refractivity contribution in [3.8, 4) is 0 Å². The molecule has 1 aliphatic rings. The molecule has 1 aromatic rings. The highest BCUT2D eigenvalue weighted by Gasteiger charge is 2.34. The monoisotopic (exact) mass is 255 g/mol. The summed E-state index contributed by atoms with van der Waals surface area (Å²) in [4.78, 5) is 4.40. The summed E-state index contributed by atoms with van der Waals surface area (Å²) in [6, 6.07) is 0. The third-order valence-corrected chi connectivity index (χ3v) is 4.41. The topological polar surface area (TPSA) is 64.9 Å². The number of hydrogen-bond acceptors (Lipinski definition) is 5. The van der Waals surface area contributed by atoms with Gasteiger partial charge >= 0.3 is 0 Å². The first-order valence-corrected chi connectivity index (χ1v) is 7.41. The van der Waals surface area contributed by atoms with Crippen molar-refractivity contribution >= 4 is 11.8 Å². The Bertz CT molecular complexity index is 360. The molecule has 5 heteroatoms.